The van der Waals surface area contributed by atoms with Crippen molar-refractivity contribution in [2.45, 2.75) is 30.4 Å². The molecule has 0 radical (unpaired) electrons. The quantitative estimate of drug-likeness (QED) is 0.294. The smallest absolute Gasteiger partial charge is 0.232 e. The zero-order valence-electron chi connectivity index (χ0n) is 12.1. The molecule has 0 spiro atoms. The van der Waals surface area contributed by atoms with Crippen LogP contribution in [0.15, 0.2) is 54.7 Å². The number of hydrogen-bond acceptors (Lipinski definition) is 3. The average Bonchev–Trinajstić information content (AvgIpc) is 2.44. The molecular formula is C15H14Cl4OS2. The highest BCUT2D eigenvalue weighted by Crippen LogP contribution is 2.40. The van der Waals surface area contributed by atoms with Crippen molar-refractivity contribution in [3.63, 3.8) is 0 Å². The molecule has 0 amide bonds. The van der Waals surface area contributed by atoms with Crippen LogP contribution in [0, 0.1) is 0 Å². The molecule has 120 valence electrons. The number of rotatable bonds is 4. The van der Waals surface area contributed by atoms with E-state index in [1.165, 1.54) is 11.8 Å². The van der Waals surface area contributed by atoms with Gasteiger partial charge in [-0.1, -0.05) is 109 Å². The van der Waals surface area contributed by atoms with Gasteiger partial charge in [0.25, 0.3) is 0 Å². The highest BCUT2D eigenvalue weighted by atomic mass is 35.5. The van der Waals surface area contributed by atoms with Gasteiger partial charge >= 0.3 is 0 Å². The second-order valence-electron chi connectivity index (χ2n) is 5.13. The maximum atomic E-state index is 12.0. The fourth-order valence-corrected chi connectivity index (χ4v) is 3.84. The summed E-state index contributed by atoms with van der Waals surface area (Å²) < 4.78 is -0.0164. The summed E-state index contributed by atoms with van der Waals surface area (Å²) in [5.74, 6) is 0. The zero-order chi connectivity index (χ0) is 16.9. The molecular weight excluding hydrogens is 402 g/mol. The summed E-state index contributed by atoms with van der Waals surface area (Å²) in [4.78, 5) is 12.9. The highest BCUT2D eigenvalue weighted by molar-refractivity contribution is 8.15. The van der Waals surface area contributed by atoms with Gasteiger partial charge in [-0.15, -0.1) is 0 Å². The van der Waals surface area contributed by atoms with E-state index in [9.17, 15) is 4.79 Å². The van der Waals surface area contributed by atoms with Gasteiger partial charge in [-0.3, -0.25) is 4.79 Å². The first-order valence-corrected chi connectivity index (χ1v) is 9.33. The first-order valence-electron chi connectivity index (χ1n) is 6.19. The third-order valence-corrected chi connectivity index (χ3v) is 6.03. The molecule has 0 heterocycles. The number of benzene rings is 1. The van der Waals surface area contributed by atoms with Crippen LogP contribution >= 0.6 is 69.9 Å². The SMILES string of the molecule is CC(C)(C)SC(=O)/C(Cl)=C(Cl)\C(Cl)=C(\Cl)Sc1ccccc1. The van der Waals surface area contributed by atoms with Crippen LogP contribution in [0.3, 0.4) is 0 Å². The van der Waals surface area contributed by atoms with Crippen molar-refractivity contribution in [2.75, 3.05) is 0 Å². The molecule has 0 aliphatic heterocycles. The first kappa shape index (κ1) is 20.3. The zero-order valence-corrected chi connectivity index (χ0v) is 16.8. The minimum atomic E-state index is -0.341. The van der Waals surface area contributed by atoms with Crippen molar-refractivity contribution in [3.05, 3.63) is 49.8 Å². The average molecular weight is 416 g/mol. The molecule has 1 rings (SSSR count). The molecule has 1 aromatic rings. The van der Waals surface area contributed by atoms with Crippen molar-refractivity contribution in [3.8, 4) is 0 Å². The lowest BCUT2D eigenvalue weighted by molar-refractivity contribution is -0.107. The normalized spacial score (nSPS) is 14.3. The van der Waals surface area contributed by atoms with Gasteiger partial charge in [-0.05, 0) is 12.1 Å². The Kier molecular flexibility index (Phi) is 8.21. The minimum absolute atomic E-state index is 0.0430. The number of carbonyl (C=O) groups is 1. The van der Waals surface area contributed by atoms with Crippen LogP contribution in [0.1, 0.15) is 20.8 Å². The Labute approximate surface area is 159 Å². The lowest BCUT2D eigenvalue weighted by Gasteiger charge is -2.16. The molecule has 0 atom stereocenters. The van der Waals surface area contributed by atoms with Crippen molar-refractivity contribution >= 4 is 75.0 Å². The second-order valence-corrected chi connectivity index (χ2v) is 9.75. The van der Waals surface area contributed by atoms with E-state index >= 15 is 0 Å². The van der Waals surface area contributed by atoms with Crippen molar-refractivity contribution in [2.24, 2.45) is 0 Å². The van der Waals surface area contributed by atoms with Gasteiger partial charge in [0, 0.05) is 9.64 Å². The number of hydrogen-bond donors (Lipinski definition) is 0. The monoisotopic (exact) mass is 414 g/mol. The van der Waals surface area contributed by atoms with Gasteiger partial charge in [0.1, 0.15) is 5.03 Å². The van der Waals surface area contributed by atoms with Gasteiger partial charge in [0.15, 0.2) is 0 Å². The van der Waals surface area contributed by atoms with Gasteiger partial charge in [0.2, 0.25) is 5.12 Å². The number of allylic oxidation sites excluding steroid dienone is 2. The van der Waals surface area contributed by atoms with Crippen LogP contribution < -0.4 is 0 Å². The standard InChI is InChI=1S/C15H14Cl4OS2/c1-15(2,3)22-14(20)12(18)10(16)11(17)13(19)21-9-7-5-4-6-8-9/h4-8H,1-3H3/b12-10-,13-11+. The van der Waals surface area contributed by atoms with E-state index in [2.05, 4.69) is 0 Å². The predicted octanol–water partition coefficient (Wildman–Crippen LogP) is 7.17. The summed E-state index contributed by atoms with van der Waals surface area (Å²) in [6.45, 7) is 5.72. The van der Waals surface area contributed by atoms with Crippen molar-refractivity contribution in [1.82, 2.24) is 0 Å². The number of thioether (sulfide) groups is 2. The molecule has 0 bridgehead atoms. The second kappa shape index (κ2) is 8.91. The Morgan fingerprint density at radius 2 is 1.45 bits per heavy atom. The third-order valence-electron chi connectivity index (χ3n) is 2.09. The van der Waals surface area contributed by atoms with E-state index in [0.29, 0.717) is 0 Å². The summed E-state index contributed by atoms with van der Waals surface area (Å²) in [6, 6.07) is 9.44. The van der Waals surface area contributed by atoms with Crippen LogP contribution in [0.4, 0.5) is 0 Å². The van der Waals surface area contributed by atoms with E-state index in [-0.39, 0.29) is 29.3 Å². The van der Waals surface area contributed by atoms with Gasteiger partial charge in [-0.2, -0.15) is 0 Å². The Morgan fingerprint density at radius 1 is 0.909 bits per heavy atom. The molecule has 0 saturated carbocycles. The molecule has 0 aromatic heterocycles. The number of carbonyl (C=O) groups excluding carboxylic acids is 1. The lowest BCUT2D eigenvalue weighted by Crippen LogP contribution is -2.12. The molecule has 0 aliphatic carbocycles. The lowest BCUT2D eigenvalue weighted by atomic mass is 10.3. The third kappa shape index (κ3) is 6.77. The Balaban J connectivity index is 2.98. The van der Waals surface area contributed by atoms with Crippen molar-refractivity contribution < 1.29 is 4.79 Å². The van der Waals surface area contributed by atoms with Crippen molar-refractivity contribution in [1.29, 1.82) is 0 Å². The van der Waals surface area contributed by atoms with Crippen LogP contribution in [0.5, 0.6) is 0 Å². The highest BCUT2D eigenvalue weighted by Gasteiger charge is 2.23. The van der Waals surface area contributed by atoms with E-state index in [0.717, 1.165) is 16.7 Å². The summed E-state index contributed by atoms with van der Waals surface area (Å²) in [6.07, 6.45) is 0. The van der Waals surface area contributed by atoms with E-state index in [1.807, 2.05) is 51.1 Å². The van der Waals surface area contributed by atoms with E-state index in [4.69, 9.17) is 46.4 Å². The minimum Gasteiger partial charge on any atom is -0.280 e. The van der Waals surface area contributed by atoms with Crippen LogP contribution in [-0.2, 0) is 4.79 Å². The van der Waals surface area contributed by atoms with Gasteiger partial charge < -0.3 is 0 Å². The molecule has 0 fully saturated rings. The Bertz CT molecular complexity index is 604. The predicted molar refractivity (Wildman–Crippen MR) is 102 cm³/mol. The fraction of sp³-hybridized carbons (Fsp3) is 0.267. The molecule has 22 heavy (non-hydrogen) atoms. The maximum absolute atomic E-state index is 12.0. The van der Waals surface area contributed by atoms with Gasteiger partial charge in [0.05, 0.1) is 14.4 Å². The molecule has 1 nitrogen and oxygen atoms in total. The Hall–Kier alpha value is 0.230. The molecule has 0 unspecified atom stereocenters. The first-order chi connectivity index (χ1) is 10.1. The topological polar surface area (TPSA) is 17.1 Å². The summed E-state index contributed by atoms with van der Waals surface area (Å²) in [5, 5.41) is -0.451. The molecule has 0 N–H and O–H groups in total. The summed E-state index contributed by atoms with van der Waals surface area (Å²) in [5.41, 5.74) is 0. The molecule has 1 aromatic carbocycles. The van der Waals surface area contributed by atoms with Crippen LogP contribution in [0.2, 0.25) is 0 Å². The Morgan fingerprint density at radius 3 is 1.95 bits per heavy atom. The van der Waals surface area contributed by atoms with E-state index in [1.54, 1.807) is 0 Å². The van der Waals surface area contributed by atoms with E-state index < -0.39 is 0 Å². The summed E-state index contributed by atoms with van der Waals surface area (Å²) >= 11 is 26.7. The molecule has 7 heteroatoms. The number of halogens is 4. The van der Waals surface area contributed by atoms with Gasteiger partial charge in [-0.25, -0.2) is 0 Å². The maximum Gasteiger partial charge on any atom is 0.232 e. The largest absolute Gasteiger partial charge is 0.280 e. The fourth-order valence-electron chi connectivity index (χ4n) is 1.23. The molecule has 0 saturated heterocycles. The van der Waals surface area contributed by atoms with Crippen LogP contribution in [-0.4, -0.2) is 9.86 Å². The summed E-state index contributed by atoms with van der Waals surface area (Å²) in [7, 11) is 0. The molecule has 0 aliphatic rings. The van der Waals surface area contributed by atoms with Crippen LogP contribution in [0.25, 0.3) is 0 Å².